The maximum absolute atomic E-state index is 13.4. The van der Waals surface area contributed by atoms with E-state index in [0.29, 0.717) is 5.56 Å². The molecule has 1 aromatic carbocycles. The van der Waals surface area contributed by atoms with Crippen LogP contribution in [-0.2, 0) is 7.05 Å². The summed E-state index contributed by atoms with van der Waals surface area (Å²) in [5, 5.41) is 4.11. The number of nitrogens with one attached hydrogen (secondary N) is 1. The van der Waals surface area contributed by atoms with Crippen molar-refractivity contribution in [2.24, 2.45) is 12.9 Å². The average Bonchev–Trinajstić information content (AvgIpc) is 2.72. The van der Waals surface area contributed by atoms with Crippen LogP contribution in [0.15, 0.2) is 30.5 Å². The van der Waals surface area contributed by atoms with Crippen molar-refractivity contribution >= 4 is 11.6 Å². The smallest absolute Gasteiger partial charge is 0.142 e. The standard InChI is InChI=1S/C11H12ClFN4/c1-17-9(5-6-15-17)11(16-14)7-3-2-4-8(13)10(7)12/h2-6,11,16H,14H2,1H3. The van der Waals surface area contributed by atoms with Crippen molar-refractivity contribution in [3.8, 4) is 0 Å². The van der Waals surface area contributed by atoms with Crippen molar-refractivity contribution in [1.29, 1.82) is 0 Å². The Morgan fingerprint density at radius 1 is 1.47 bits per heavy atom. The van der Waals surface area contributed by atoms with Gasteiger partial charge in [0.05, 0.1) is 16.8 Å². The lowest BCUT2D eigenvalue weighted by Gasteiger charge is -2.18. The highest BCUT2D eigenvalue weighted by atomic mass is 35.5. The van der Waals surface area contributed by atoms with Crippen LogP contribution in [0.5, 0.6) is 0 Å². The summed E-state index contributed by atoms with van der Waals surface area (Å²) in [7, 11) is 1.78. The van der Waals surface area contributed by atoms with E-state index in [9.17, 15) is 4.39 Å². The molecule has 0 saturated heterocycles. The molecule has 1 atom stereocenters. The lowest BCUT2D eigenvalue weighted by Crippen LogP contribution is -2.30. The predicted octanol–water partition coefficient (Wildman–Crippen LogP) is 1.77. The third kappa shape index (κ3) is 2.17. The van der Waals surface area contributed by atoms with Gasteiger partial charge in [0.2, 0.25) is 0 Å². The Hall–Kier alpha value is -1.43. The lowest BCUT2D eigenvalue weighted by atomic mass is 10.0. The van der Waals surface area contributed by atoms with E-state index in [0.717, 1.165) is 5.69 Å². The van der Waals surface area contributed by atoms with Crippen LogP contribution in [0.2, 0.25) is 5.02 Å². The Morgan fingerprint density at radius 3 is 2.82 bits per heavy atom. The second-order valence-corrected chi connectivity index (χ2v) is 4.00. The molecule has 1 unspecified atom stereocenters. The van der Waals surface area contributed by atoms with Crippen LogP contribution < -0.4 is 11.3 Å². The number of hydrazine groups is 1. The molecule has 0 radical (unpaired) electrons. The monoisotopic (exact) mass is 254 g/mol. The molecule has 1 aromatic heterocycles. The Balaban J connectivity index is 2.50. The van der Waals surface area contributed by atoms with Gasteiger partial charge in [-0.1, -0.05) is 23.7 Å². The second kappa shape index (κ2) is 4.83. The summed E-state index contributed by atoms with van der Waals surface area (Å²) in [5.74, 6) is 5.05. The summed E-state index contributed by atoms with van der Waals surface area (Å²) in [6.07, 6.45) is 1.65. The first-order valence-corrected chi connectivity index (χ1v) is 5.41. The van der Waals surface area contributed by atoms with Gasteiger partial charge < -0.3 is 0 Å². The summed E-state index contributed by atoms with van der Waals surface area (Å²) in [4.78, 5) is 0. The van der Waals surface area contributed by atoms with Crippen molar-refractivity contribution in [3.63, 3.8) is 0 Å². The lowest BCUT2D eigenvalue weighted by molar-refractivity contribution is 0.567. The molecular weight excluding hydrogens is 243 g/mol. The van der Waals surface area contributed by atoms with E-state index in [4.69, 9.17) is 17.4 Å². The Kier molecular flexibility index (Phi) is 3.42. The average molecular weight is 255 g/mol. The number of halogens is 2. The van der Waals surface area contributed by atoms with Crippen LogP contribution >= 0.6 is 11.6 Å². The molecule has 3 N–H and O–H groups in total. The van der Waals surface area contributed by atoms with E-state index >= 15 is 0 Å². The first-order valence-electron chi connectivity index (χ1n) is 5.03. The molecule has 1 heterocycles. The minimum Gasteiger partial charge on any atom is -0.271 e. The van der Waals surface area contributed by atoms with E-state index in [1.54, 1.807) is 36.1 Å². The molecule has 0 bridgehead atoms. The highest BCUT2D eigenvalue weighted by Crippen LogP contribution is 2.29. The molecule has 0 saturated carbocycles. The number of hydrogen-bond donors (Lipinski definition) is 2. The van der Waals surface area contributed by atoms with Gasteiger partial charge in [0.1, 0.15) is 5.82 Å². The molecule has 0 aliphatic rings. The Bertz CT molecular complexity index is 526. The van der Waals surface area contributed by atoms with Crippen LogP contribution in [0, 0.1) is 5.82 Å². The maximum atomic E-state index is 13.4. The van der Waals surface area contributed by atoms with Crippen molar-refractivity contribution < 1.29 is 4.39 Å². The zero-order chi connectivity index (χ0) is 12.4. The fraction of sp³-hybridized carbons (Fsp3) is 0.182. The van der Waals surface area contributed by atoms with Gasteiger partial charge in [-0.15, -0.1) is 0 Å². The number of hydrogen-bond acceptors (Lipinski definition) is 3. The molecule has 6 heteroatoms. The van der Waals surface area contributed by atoms with Gasteiger partial charge in [-0.25, -0.2) is 9.82 Å². The topological polar surface area (TPSA) is 55.9 Å². The highest BCUT2D eigenvalue weighted by Gasteiger charge is 2.19. The first-order chi connectivity index (χ1) is 8.15. The Morgan fingerprint density at radius 2 is 2.24 bits per heavy atom. The molecule has 90 valence electrons. The minimum absolute atomic E-state index is 0.0663. The number of aryl methyl sites for hydroxylation is 1. The van der Waals surface area contributed by atoms with Crippen LogP contribution in [-0.4, -0.2) is 9.78 Å². The van der Waals surface area contributed by atoms with Gasteiger partial charge in [0, 0.05) is 13.2 Å². The van der Waals surface area contributed by atoms with E-state index in [1.807, 2.05) is 0 Å². The van der Waals surface area contributed by atoms with E-state index in [2.05, 4.69) is 10.5 Å². The SMILES string of the molecule is Cn1nccc1C(NN)c1cccc(F)c1Cl. The van der Waals surface area contributed by atoms with Crippen LogP contribution in [0.4, 0.5) is 4.39 Å². The minimum atomic E-state index is -0.466. The molecule has 0 spiro atoms. The van der Waals surface area contributed by atoms with Gasteiger partial charge in [-0.05, 0) is 17.7 Å². The summed E-state index contributed by atoms with van der Waals surface area (Å²) in [6.45, 7) is 0. The summed E-state index contributed by atoms with van der Waals surface area (Å²) < 4.78 is 15.1. The molecule has 17 heavy (non-hydrogen) atoms. The molecule has 2 rings (SSSR count). The van der Waals surface area contributed by atoms with Crippen molar-refractivity contribution in [3.05, 3.63) is 52.6 Å². The number of aromatic nitrogens is 2. The third-order valence-electron chi connectivity index (χ3n) is 2.61. The molecule has 4 nitrogen and oxygen atoms in total. The van der Waals surface area contributed by atoms with Gasteiger partial charge in [-0.3, -0.25) is 10.5 Å². The first kappa shape index (κ1) is 12.0. The number of nitrogens with zero attached hydrogens (tertiary/aromatic N) is 2. The van der Waals surface area contributed by atoms with E-state index in [1.165, 1.54) is 6.07 Å². The van der Waals surface area contributed by atoms with Gasteiger partial charge in [0.15, 0.2) is 0 Å². The van der Waals surface area contributed by atoms with Gasteiger partial charge in [0.25, 0.3) is 0 Å². The molecule has 0 fully saturated rings. The van der Waals surface area contributed by atoms with Crippen molar-refractivity contribution in [2.45, 2.75) is 6.04 Å². The van der Waals surface area contributed by atoms with Crippen molar-refractivity contribution in [2.75, 3.05) is 0 Å². The molecule has 0 amide bonds. The predicted molar refractivity (Wildman–Crippen MR) is 63.8 cm³/mol. The zero-order valence-corrected chi connectivity index (χ0v) is 9.95. The summed E-state index contributed by atoms with van der Waals surface area (Å²) in [6, 6.07) is 6.03. The van der Waals surface area contributed by atoms with Crippen LogP contribution in [0.1, 0.15) is 17.3 Å². The maximum Gasteiger partial charge on any atom is 0.142 e. The molecular formula is C11H12ClFN4. The molecule has 2 aromatic rings. The summed E-state index contributed by atoms with van der Waals surface area (Å²) >= 11 is 5.94. The molecule has 0 aliphatic carbocycles. The third-order valence-corrected chi connectivity index (χ3v) is 3.01. The largest absolute Gasteiger partial charge is 0.271 e. The van der Waals surface area contributed by atoms with Gasteiger partial charge in [-0.2, -0.15) is 5.10 Å². The Labute approximate surface area is 103 Å². The number of nitrogens with two attached hydrogens (primary N) is 1. The second-order valence-electron chi connectivity index (χ2n) is 3.62. The fourth-order valence-corrected chi connectivity index (χ4v) is 1.98. The van der Waals surface area contributed by atoms with Crippen molar-refractivity contribution in [1.82, 2.24) is 15.2 Å². The van der Waals surface area contributed by atoms with E-state index < -0.39 is 11.9 Å². The fourth-order valence-electron chi connectivity index (χ4n) is 1.75. The van der Waals surface area contributed by atoms with Gasteiger partial charge >= 0.3 is 0 Å². The summed E-state index contributed by atoms with van der Waals surface area (Å²) in [5.41, 5.74) is 4.00. The quantitative estimate of drug-likeness (QED) is 0.648. The number of benzene rings is 1. The number of rotatable bonds is 3. The molecule has 0 aliphatic heterocycles. The van der Waals surface area contributed by atoms with Crippen LogP contribution in [0.3, 0.4) is 0 Å². The van der Waals surface area contributed by atoms with E-state index in [-0.39, 0.29) is 5.02 Å². The normalized spacial score (nSPS) is 12.7. The highest BCUT2D eigenvalue weighted by molar-refractivity contribution is 6.31. The zero-order valence-electron chi connectivity index (χ0n) is 9.19. The van der Waals surface area contributed by atoms with Crippen LogP contribution in [0.25, 0.3) is 0 Å².